The molecule has 0 spiro atoms. The highest BCUT2D eigenvalue weighted by Crippen LogP contribution is 2.36. The molecule has 6 heteroatoms. The second-order valence-electron chi connectivity index (χ2n) is 5.67. The molecule has 0 saturated carbocycles. The Balaban J connectivity index is 1.86. The summed E-state index contributed by atoms with van der Waals surface area (Å²) in [5.74, 6) is -0.0558. The number of nitrogens with zero attached hydrogens (tertiary/aromatic N) is 1. The number of para-hydroxylation sites is 1. The lowest BCUT2D eigenvalue weighted by Gasteiger charge is -2.24. The number of benzene rings is 1. The summed E-state index contributed by atoms with van der Waals surface area (Å²) >= 11 is 0. The molecule has 0 aromatic heterocycles. The highest BCUT2D eigenvalue weighted by molar-refractivity contribution is 5.98. The lowest BCUT2D eigenvalue weighted by molar-refractivity contribution is -0.147. The van der Waals surface area contributed by atoms with Crippen LogP contribution in [0.1, 0.15) is 23.7 Å². The number of amides is 1. The second kappa shape index (κ2) is 4.95. The molecule has 1 aromatic carbocycles. The molecular weight excluding hydrogens is 274 g/mol. The van der Waals surface area contributed by atoms with Gasteiger partial charge in [-0.2, -0.15) is 0 Å². The molecule has 2 aliphatic rings. The van der Waals surface area contributed by atoms with E-state index in [4.69, 9.17) is 9.47 Å². The number of hydrogen-bond acceptors (Lipinski definition) is 4. The first kappa shape index (κ1) is 13.7. The molecule has 1 saturated heterocycles. The highest BCUT2D eigenvalue weighted by Gasteiger charge is 2.42. The van der Waals surface area contributed by atoms with Crippen LogP contribution < -0.4 is 9.47 Å². The zero-order valence-corrected chi connectivity index (χ0v) is 11.8. The van der Waals surface area contributed by atoms with E-state index in [0.29, 0.717) is 43.2 Å². The summed E-state index contributed by atoms with van der Waals surface area (Å²) in [5, 5.41) is 9.25. The van der Waals surface area contributed by atoms with Crippen LogP contribution in [0.2, 0.25) is 0 Å². The Labute approximate surface area is 122 Å². The number of carboxylic acids is 1. The van der Waals surface area contributed by atoms with Crippen molar-refractivity contribution in [3.63, 3.8) is 0 Å². The lowest BCUT2D eigenvalue weighted by Crippen LogP contribution is -2.35. The van der Waals surface area contributed by atoms with Gasteiger partial charge in [-0.05, 0) is 25.5 Å². The third-order valence-electron chi connectivity index (χ3n) is 4.07. The Morgan fingerprint density at radius 1 is 1.29 bits per heavy atom. The summed E-state index contributed by atoms with van der Waals surface area (Å²) in [5.41, 5.74) is -0.441. The molecule has 112 valence electrons. The van der Waals surface area contributed by atoms with E-state index < -0.39 is 11.4 Å². The van der Waals surface area contributed by atoms with Crippen molar-refractivity contribution in [3.05, 3.63) is 23.8 Å². The zero-order valence-electron chi connectivity index (χ0n) is 11.8. The predicted molar refractivity (Wildman–Crippen MR) is 73.7 cm³/mol. The molecule has 6 nitrogen and oxygen atoms in total. The zero-order chi connectivity index (χ0) is 15.0. The first-order valence-corrected chi connectivity index (χ1v) is 6.92. The van der Waals surface area contributed by atoms with Gasteiger partial charge in [-0.15, -0.1) is 0 Å². The molecule has 1 fully saturated rings. The third-order valence-corrected chi connectivity index (χ3v) is 4.07. The average molecular weight is 291 g/mol. The van der Waals surface area contributed by atoms with Gasteiger partial charge in [0.1, 0.15) is 13.2 Å². The maximum Gasteiger partial charge on any atom is 0.311 e. The summed E-state index contributed by atoms with van der Waals surface area (Å²) in [4.78, 5) is 25.5. The fraction of sp³-hybridized carbons (Fsp3) is 0.467. The van der Waals surface area contributed by atoms with E-state index in [-0.39, 0.29) is 12.5 Å². The second-order valence-corrected chi connectivity index (χ2v) is 5.67. The standard InChI is InChI=1S/C15H17NO5/c1-15(14(18)19)5-6-16(9-15)13(17)10-3-2-4-11-12(10)21-8-7-20-11/h2-4H,5-9H2,1H3,(H,18,19). The van der Waals surface area contributed by atoms with E-state index in [0.717, 1.165) is 0 Å². The fourth-order valence-electron chi connectivity index (χ4n) is 2.72. The third kappa shape index (κ3) is 2.30. The number of fused-ring (bicyclic) bond motifs is 1. The molecule has 1 unspecified atom stereocenters. The summed E-state index contributed by atoms with van der Waals surface area (Å²) in [6.45, 7) is 3.19. The minimum atomic E-state index is -0.873. The number of rotatable bonds is 2. The number of ether oxygens (including phenoxy) is 2. The summed E-state index contributed by atoms with van der Waals surface area (Å²) in [6.07, 6.45) is 0.459. The molecular formula is C15H17NO5. The number of aliphatic carboxylic acids is 1. The van der Waals surface area contributed by atoms with Crippen LogP contribution >= 0.6 is 0 Å². The van der Waals surface area contributed by atoms with Crippen LogP contribution in [0.3, 0.4) is 0 Å². The minimum Gasteiger partial charge on any atom is -0.486 e. The Morgan fingerprint density at radius 3 is 2.76 bits per heavy atom. The first-order chi connectivity index (χ1) is 10.0. The molecule has 0 bridgehead atoms. The molecule has 1 amide bonds. The normalized spacial score (nSPS) is 24.0. The molecule has 3 rings (SSSR count). The summed E-state index contributed by atoms with van der Waals surface area (Å²) < 4.78 is 11.0. The summed E-state index contributed by atoms with van der Waals surface area (Å²) in [7, 11) is 0. The van der Waals surface area contributed by atoms with Crippen molar-refractivity contribution in [1.29, 1.82) is 0 Å². The van der Waals surface area contributed by atoms with Crippen LogP contribution in [-0.4, -0.2) is 48.2 Å². The predicted octanol–water partition coefficient (Wildman–Crippen LogP) is 1.39. The summed E-state index contributed by atoms with van der Waals surface area (Å²) in [6, 6.07) is 5.19. The van der Waals surface area contributed by atoms with Gasteiger partial charge in [0, 0.05) is 13.1 Å². The van der Waals surface area contributed by atoms with Crippen molar-refractivity contribution in [1.82, 2.24) is 4.90 Å². The van der Waals surface area contributed by atoms with Gasteiger partial charge in [-0.1, -0.05) is 6.07 Å². The Kier molecular flexibility index (Phi) is 3.23. The van der Waals surface area contributed by atoms with Gasteiger partial charge < -0.3 is 19.5 Å². The van der Waals surface area contributed by atoms with Crippen LogP contribution in [0, 0.1) is 5.41 Å². The molecule has 0 radical (unpaired) electrons. The molecule has 2 heterocycles. The molecule has 1 aromatic rings. The van der Waals surface area contributed by atoms with E-state index in [2.05, 4.69) is 0 Å². The van der Waals surface area contributed by atoms with Crippen molar-refractivity contribution < 1.29 is 24.2 Å². The van der Waals surface area contributed by atoms with Crippen LogP contribution in [-0.2, 0) is 4.79 Å². The van der Waals surface area contributed by atoms with E-state index in [9.17, 15) is 14.7 Å². The molecule has 1 atom stereocenters. The Morgan fingerprint density at radius 2 is 2.05 bits per heavy atom. The minimum absolute atomic E-state index is 0.206. The highest BCUT2D eigenvalue weighted by atomic mass is 16.6. The van der Waals surface area contributed by atoms with Gasteiger partial charge >= 0.3 is 5.97 Å². The van der Waals surface area contributed by atoms with Crippen molar-refractivity contribution >= 4 is 11.9 Å². The fourth-order valence-corrected chi connectivity index (χ4v) is 2.72. The maximum atomic E-state index is 12.6. The van der Waals surface area contributed by atoms with Gasteiger partial charge in [0.15, 0.2) is 11.5 Å². The molecule has 1 N–H and O–H groups in total. The van der Waals surface area contributed by atoms with E-state index in [1.165, 1.54) is 0 Å². The van der Waals surface area contributed by atoms with E-state index >= 15 is 0 Å². The maximum absolute atomic E-state index is 12.6. The van der Waals surface area contributed by atoms with Crippen molar-refractivity contribution in [3.8, 4) is 11.5 Å². The van der Waals surface area contributed by atoms with Gasteiger partial charge in [0.05, 0.1) is 11.0 Å². The lowest BCUT2D eigenvalue weighted by atomic mass is 9.90. The smallest absolute Gasteiger partial charge is 0.311 e. The van der Waals surface area contributed by atoms with Gasteiger partial charge in [0.25, 0.3) is 5.91 Å². The van der Waals surface area contributed by atoms with Gasteiger partial charge in [-0.25, -0.2) is 0 Å². The number of likely N-dealkylation sites (tertiary alicyclic amines) is 1. The number of carboxylic acid groups (broad SMARTS) is 1. The molecule has 2 aliphatic heterocycles. The van der Waals surface area contributed by atoms with Crippen LogP contribution in [0.5, 0.6) is 11.5 Å². The van der Waals surface area contributed by atoms with Crippen LogP contribution in [0.25, 0.3) is 0 Å². The van der Waals surface area contributed by atoms with Crippen molar-refractivity contribution in [2.75, 3.05) is 26.3 Å². The Bertz CT molecular complexity index is 600. The largest absolute Gasteiger partial charge is 0.486 e. The van der Waals surface area contributed by atoms with E-state index in [1.807, 2.05) is 0 Å². The topological polar surface area (TPSA) is 76.1 Å². The first-order valence-electron chi connectivity index (χ1n) is 6.92. The molecule has 21 heavy (non-hydrogen) atoms. The van der Waals surface area contributed by atoms with Gasteiger partial charge in [-0.3, -0.25) is 9.59 Å². The van der Waals surface area contributed by atoms with Crippen LogP contribution in [0.15, 0.2) is 18.2 Å². The monoisotopic (exact) mass is 291 g/mol. The van der Waals surface area contributed by atoms with Crippen molar-refractivity contribution in [2.45, 2.75) is 13.3 Å². The quantitative estimate of drug-likeness (QED) is 0.891. The van der Waals surface area contributed by atoms with Crippen molar-refractivity contribution in [2.24, 2.45) is 5.41 Å². The van der Waals surface area contributed by atoms with E-state index in [1.54, 1.807) is 30.0 Å². The Hall–Kier alpha value is -2.24. The number of carbonyl (C=O) groups is 2. The molecule has 0 aliphatic carbocycles. The number of carbonyl (C=O) groups excluding carboxylic acids is 1. The van der Waals surface area contributed by atoms with Gasteiger partial charge in [0.2, 0.25) is 0 Å². The van der Waals surface area contributed by atoms with Crippen LogP contribution in [0.4, 0.5) is 0 Å². The number of hydrogen-bond donors (Lipinski definition) is 1. The SMILES string of the molecule is CC1(C(=O)O)CCN(C(=O)c2cccc3c2OCCO3)C1. The average Bonchev–Trinajstić information content (AvgIpc) is 2.90.